The van der Waals surface area contributed by atoms with E-state index in [9.17, 15) is 4.79 Å². The molecule has 26 heavy (non-hydrogen) atoms. The molecule has 1 aromatic heterocycles. The lowest BCUT2D eigenvalue weighted by Gasteiger charge is -2.34. The van der Waals surface area contributed by atoms with E-state index in [-0.39, 0.29) is 5.91 Å². The van der Waals surface area contributed by atoms with Gasteiger partial charge in [-0.3, -0.25) is 9.69 Å². The topological polar surface area (TPSA) is 67.8 Å². The van der Waals surface area contributed by atoms with Gasteiger partial charge in [-0.1, -0.05) is 0 Å². The van der Waals surface area contributed by atoms with E-state index < -0.39 is 0 Å². The molecule has 2 heterocycles. The second kappa shape index (κ2) is 8.73. The van der Waals surface area contributed by atoms with Crippen molar-refractivity contribution in [1.29, 1.82) is 0 Å². The molecule has 1 amide bonds. The minimum absolute atomic E-state index is 0.0690. The number of carbonyl (C=O) groups is 1. The number of piperazine rings is 1. The number of carbonyl (C=O) groups excluding carboxylic acids is 1. The number of ether oxygens (including phenoxy) is 2. The number of nitrogens with zero attached hydrogens (tertiary/aromatic N) is 4. The maximum atomic E-state index is 12.6. The van der Waals surface area contributed by atoms with E-state index >= 15 is 0 Å². The van der Waals surface area contributed by atoms with Crippen molar-refractivity contribution in [2.75, 3.05) is 40.4 Å². The first-order chi connectivity index (χ1) is 12.7. The summed E-state index contributed by atoms with van der Waals surface area (Å²) in [7, 11) is 3.25. The molecule has 1 aliphatic heterocycles. The third-order valence-corrected chi connectivity index (χ3v) is 4.43. The summed E-state index contributed by atoms with van der Waals surface area (Å²) in [5.41, 5.74) is 1.76. The highest BCUT2D eigenvalue weighted by atomic mass is 16.5. The Morgan fingerprint density at radius 1 is 1.04 bits per heavy atom. The van der Waals surface area contributed by atoms with Crippen LogP contribution in [0.5, 0.6) is 5.75 Å². The van der Waals surface area contributed by atoms with Gasteiger partial charge in [-0.15, -0.1) is 0 Å². The van der Waals surface area contributed by atoms with Gasteiger partial charge < -0.3 is 14.4 Å². The van der Waals surface area contributed by atoms with Crippen LogP contribution in [0, 0.1) is 0 Å². The highest BCUT2D eigenvalue weighted by molar-refractivity contribution is 5.94. The molecule has 0 spiro atoms. The molecule has 7 nitrogen and oxygen atoms in total. The molecule has 1 aromatic carbocycles. The predicted octanol–water partition coefficient (Wildman–Crippen LogP) is 1.59. The third kappa shape index (κ3) is 4.56. The first-order valence-corrected chi connectivity index (χ1v) is 8.64. The standard InChI is InChI=1S/C19H24N4O3/c1-25-14-18-20-11-15(12-21-18)13-22-7-9-23(10-8-22)19(24)16-3-5-17(26-2)6-4-16/h3-6,11-12H,7-10,13-14H2,1-2H3. The molecule has 2 aromatic rings. The van der Waals surface area contributed by atoms with Crippen molar-refractivity contribution in [2.45, 2.75) is 13.2 Å². The van der Waals surface area contributed by atoms with Crippen LogP contribution in [0.3, 0.4) is 0 Å². The summed E-state index contributed by atoms with van der Waals surface area (Å²) in [6.45, 7) is 4.31. The van der Waals surface area contributed by atoms with Gasteiger partial charge in [-0.25, -0.2) is 9.97 Å². The van der Waals surface area contributed by atoms with Crippen molar-refractivity contribution in [1.82, 2.24) is 19.8 Å². The molecule has 0 saturated carbocycles. The third-order valence-electron chi connectivity index (χ3n) is 4.43. The molecule has 0 aliphatic carbocycles. The average Bonchev–Trinajstić information content (AvgIpc) is 2.70. The highest BCUT2D eigenvalue weighted by Crippen LogP contribution is 2.15. The fourth-order valence-electron chi connectivity index (χ4n) is 2.95. The summed E-state index contributed by atoms with van der Waals surface area (Å²) < 4.78 is 10.2. The summed E-state index contributed by atoms with van der Waals surface area (Å²) in [5, 5.41) is 0. The molecule has 138 valence electrons. The Balaban J connectivity index is 1.50. The van der Waals surface area contributed by atoms with Gasteiger partial charge in [0.2, 0.25) is 0 Å². The lowest BCUT2D eigenvalue weighted by molar-refractivity contribution is 0.0628. The lowest BCUT2D eigenvalue weighted by atomic mass is 10.1. The van der Waals surface area contributed by atoms with Gasteiger partial charge in [0.25, 0.3) is 5.91 Å². The van der Waals surface area contributed by atoms with E-state index in [2.05, 4.69) is 14.9 Å². The van der Waals surface area contributed by atoms with Gasteiger partial charge in [-0.2, -0.15) is 0 Å². The quantitative estimate of drug-likeness (QED) is 0.783. The largest absolute Gasteiger partial charge is 0.497 e. The Bertz CT molecular complexity index is 711. The molecule has 0 bridgehead atoms. The number of rotatable bonds is 6. The molecule has 7 heteroatoms. The Morgan fingerprint density at radius 2 is 1.69 bits per heavy atom. The van der Waals surface area contributed by atoms with E-state index in [0.29, 0.717) is 31.1 Å². The van der Waals surface area contributed by atoms with Gasteiger partial charge in [0.05, 0.1) is 7.11 Å². The summed E-state index contributed by atoms with van der Waals surface area (Å²) in [4.78, 5) is 25.4. The fourth-order valence-corrected chi connectivity index (χ4v) is 2.95. The van der Waals surface area contributed by atoms with Crippen molar-refractivity contribution >= 4 is 5.91 Å². The summed E-state index contributed by atoms with van der Waals surface area (Å²) >= 11 is 0. The molecular formula is C19H24N4O3. The monoisotopic (exact) mass is 356 g/mol. The van der Waals surface area contributed by atoms with Crippen LogP contribution in [-0.2, 0) is 17.9 Å². The Kier molecular flexibility index (Phi) is 6.14. The number of benzene rings is 1. The number of methoxy groups -OCH3 is 2. The second-order valence-corrected chi connectivity index (χ2v) is 6.24. The minimum Gasteiger partial charge on any atom is -0.497 e. The summed E-state index contributed by atoms with van der Waals surface area (Å²) in [6, 6.07) is 7.26. The van der Waals surface area contributed by atoms with Crippen LogP contribution in [0.25, 0.3) is 0 Å². The summed E-state index contributed by atoms with van der Waals surface area (Å²) in [5.74, 6) is 1.51. The Labute approximate surface area is 153 Å². The van der Waals surface area contributed by atoms with E-state index in [1.807, 2.05) is 41.6 Å². The zero-order valence-corrected chi connectivity index (χ0v) is 15.2. The van der Waals surface area contributed by atoms with Gasteiger partial charge in [0.15, 0.2) is 5.82 Å². The van der Waals surface area contributed by atoms with Crippen LogP contribution >= 0.6 is 0 Å². The number of aromatic nitrogens is 2. The molecule has 0 radical (unpaired) electrons. The first kappa shape index (κ1) is 18.3. The van der Waals surface area contributed by atoms with Gasteiger partial charge in [-0.05, 0) is 24.3 Å². The molecule has 1 fully saturated rings. The second-order valence-electron chi connectivity index (χ2n) is 6.24. The molecular weight excluding hydrogens is 332 g/mol. The van der Waals surface area contributed by atoms with Crippen molar-refractivity contribution < 1.29 is 14.3 Å². The fraction of sp³-hybridized carbons (Fsp3) is 0.421. The number of hydrogen-bond acceptors (Lipinski definition) is 6. The van der Waals surface area contributed by atoms with Crippen LogP contribution in [0.2, 0.25) is 0 Å². The first-order valence-electron chi connectivity index (χ1n) is 8.64. The van der Waals surface area contributed by atoms with Gasteiger partial charge >= 0.3 is 0 Å². The zero-order chi connectivity index (χ0) is 18.4. The maximum absolute atomic E-state index is 12.6. The van der Waals surface area contributed by atoms with Crippen molar-refractivity contribution in [3.63, 3.8) is 0 Å². The van der Waals surface area contributed by atoms with Crippen LogP contribution in [0.1, 0.15) is 21.7 Å². The minimum atomic E-state index is 0.0690. The average molecular weight is 356 g/mol. The van der Waals surface area contributed by atoms with Crippen LogP contribution in [0.4, 0.5) is 0 Å². The van der Waals surface area contributed by atoms with Gasteiger partial charge in [0.1, 0.15) is 12.4 Å². The number of hydrogen-bond donors (Lipinski definition) is 0. The molecule has 0 atom stereocenters. The SMILES string of the molecule is COCc1ncc(CN2CCN(C(=O)c3ccc(OC)cc3)CC2)cn1. The van der Waals surface area contributed by atoms with Crippen LogP contribution < -0.4 is 4.74 Å². The van der Waals surface area contributed by atoms with E-state index in [1.165, 1.54) is 0 Å². The van der Waals surface area contributed by atoms with Crippen LogP contribution in [0.15, 0.2) is 36.7 Å². The Hall–Kier alpha value is -2.51. The Morgan fingerprint density at radius 3 is 2.27 bits per heavy atom. The molecule has 0 N–H and O–H groups in total. The normalized spacial score (nSPS) is 15.1. The smallest absolute Gasteiger partial charge is 0.253 e. The highest BCUT2D eigenvalue weighted by Gasteiger charge is 2.22. The summed E-state index contributed by atoms with van der Waals surface area (Å²) in [6.07, 6.45) is 3.69. The molecule has 0 unspecified atom stereocenters. The van der Waals surface area contributed by atoms with E-state index in [1.54, 1.807) is 14.2 Å². The molecule has 1 saturated heterocycles. The van der Waals surface area contributed by atoms with E-state index in [4.69, 9.17) is 9.47 Å². The molecule has 3 rings (SSSR count). The maximum Gasteiger partial charge on any atom is 0.253 e. The van der Waals surface area contributed by atoms with Gasteiger partial charge in [0, 0.05) is 63.4 Å². The van der Waals surface area contributed by atoms with Crippen molar-refractivity contribution in [3.05, 3.63) is 53.6 Å². The number of amides is 1. The van der Waals surface area contributed by atoms with Crippen molar-refractivity contribution in [3.8, 4) is 5.75 Å². The molecule has 1 aliphatic rings. The van der Waals surface area contributed by atoms with E-state index in [0.717, 1.165) is 30.9 Å². The van der Waals surface area contributed by atoms with Crippen LogP contribution in [-0.4, -0.2) is 66.1 Å². The predicted molar refractivity (Wildman–Crippen MR) is 96.9 cm³/mol. The lowest BCUT2D eigenvalue weighted by Crippen LogP contribution is -2.48. The van der Waals surface area contributed by atoms with Crippen molar-refractivity contribution in [2.24, 2.45) is 0 Å². The zero-order valence-electron chi connectivity index (χ0n) is 15.2.